The second kappa shape index (κ2) is 6.34. The number of esters is 1. The van der Waals surface area contributed by atoms with E-state index in [1.54, 1.807) is 0 Å². The maximum absolute atomic E-state index is 12.9. The van der Waals surface area contributed by atoms with Crippen molar-refractivity contribution in [2.75, 3.05) is 7.11 Å². The third kappa shape index (κ3) is 2.78. The Morgan fingerprint density at radius 1 is 1.18 bits per heavy atom. The van der Waals surface area contributed by atoms with E-state index in [1.165, 1.54) is 13.5 Å². The van der Waals surface area contributed by atoms with Crippen LogP contribution >= 0.6 is 0 Å². The highest BCUT2D eigenvalue weighted by molar-refractivity contribution is 6.09. The highest BCUT2D eigenvalue weighted by Crippen LogP contribution is 2.30. The third-order valence-electron chi connectivity index (χ3n) is 4.56. The molecule has 0 saturated heterocycles. The first-order chi connectivity index (χ1) is 10.7. The Hall–Kier alpha value is -2.10. The smallest absolute Gasteiger partial charge is 0.325 e. The van der Waals surface area contributed by atoms with Gasteiger partial charge < -0.3 is 9.30 Å². The molecule has 1 heterocycles. The van der Waals surface area contributed by atoms with Crippen LogP contribution in [0.1, 0.15) is 42.5 Å². The summed E-state index contributed by atoms with van der Waals surface area (Å²) in [6, 6.07) is 7.75. The van der Waals surface area contributed by atoms with Crippen molar-refractivity contribution in [3.8, 4) is 0 Å². The molecule has 0 atom stereocenters. The molecule has 22 heavy (non-hydrogen) atoms. The fourth-order valence-corrected chi connectivity index (χ4v) is 3.36. The Labute approximate surface area is 130 Å². The zero-order chi connectivity index (χ0) is 15.5. The van der Waals surface area contributed by atoms with Gasteiger partial charge in [0.2, 0.25) is 0 Å². The van der Waals surface area contributed by atoms with Crippen molar-refractivity contribution in [2.45, 2.75) is 38.6 Å². The van der Waals surface area contributed by atoms with Crippen LogP contribution in [0.5, 0.6) is 0 Å². The SMILES string of the molecule is COC(=O)Cn1cc(C(=O)C2CCCCC2)c2ccccc21. The largest absolute Gasteiger partial charge is 0.468 e. The zero-order valence-electron chi connectivity index (χ0n) is 12.9. The molecule has 116 valence electrons. The average Bonchev–Trinajstić information content (AvgIpc) is 2.93. The van der Waals surface area contributed by atoms with E-state index in [-0.39, 0.29) is 24.2 Å². The van der Waals surface area contributed by atoms with Crippen molar-refractivity contribution in [3.63, 3.8) is 0 Å². The lowest BCUT2D eigenvalue weighted by Crippen LogP contribution is -2.17. The molecule has 0 N–H and O–H groups in total. The highest BCUT2D eigenvalue weighted by atomic mass is 16.5. The van der Waals surface area contributed by atoms with Crippen LogP contribution in [0.2, 0.25) is 0 Å². The van der Waals surface area contributed by atoms with Gasteiger partial charge in [-0.05, 0) is 18.9 Å². The topological polar surface area (TPSA) is 48.3 Å². The number of benzene rings is 1. The van der Waals surface area contributed by atoms with E-state index < -0.39 is 0 Å². The average molecular weight is 299 g/mol. The standard InChI is InChI=1S/C18H21NO3/c1-22-17(20)12-19-11-15(14-9-5-6-10-16(14)19)18(21)13-7-3-2-4-8-13/h5-6,9-11,13H,2-4,7-8,12H2,1H3. The second-order valence-electron chi connectivity index (χ2n) is 5.96. The van der Waals surface area contributed by atoms with Gasteiger partial charge >= 0.3 is 5.97 Å². The van der Waals surface area contributed by atoms with E-state index >= 15 is 0 Å². The molecule has 1 fully saturated rings. The van der Waals surface area contributed by atoms with E-state index in [4.69, 9.17) is 4.74 Å². The molecule has 3 rings (SSSR count). The lowest BCUT2D eigenvalue weighted by atomic mass is 9.84. The number of aromatic nitrogens is 1. The summed E-state index contributed by atoms with van der Waals surface area (Å²) >= 11 is 0. The molecular formula is C18H21NO3. The third-order valence-corrected chi connectivity index (χ3v) is 4.56. The van der Waals surface area contributed by atoms with E-state index in [1.807, 2.05) is 35.0 Å². The van der Waals surface area contributed by atoms with Crippen LogP contribution in [-0.2, 0) is 16.1 Å². The minimum Gasteiger partial charge on any atom is -0.468 e. The molecule has 4 heteroatoms. The Morgan fingerprint density at radius 3 is 2.64 bits per heavy atom. The van der Waals surface area contributed by atoms with E-state index in [0.717, 1.165) is 42.1 Å². The van der Waals surface area contributed by atoms with Crippen LogP contribution in [0.4, 0.5) is 0 Å². The van der Waals surface area contributed by atoms with Gasteiger partial charge in [0.25, 0.3) is 0 Å². The Bertz CT molecular complexity index is 695. The number of rotatable bonds is 4. The van der Waals surface area contributed by atoms with Crippen molar-refractivity contribution >= 4 is 22.7 Å². The highest BCUT2D eigenvalue weighted by Gasteiger charge is 2.25. The van der Waals surface area contributed by atoms with Crippen LogP contribution in [-0.4, -0.2) is 23.4 Å². The van der Waals surface area contributed by atoms with Gasteiger partial charge in [0, 0.05) is 28.6 Å². The fourth-order valence-electron chi connectivity index (χ4n) is 3.36. The number of hydrogen-bond donors (Lipinski definition) is 0. The summed E-state index contributed by atoms with van der Waals surface area (Å²) in [5.74, 6) is 0.0445. The number of nitrogens with zero attached hydrogens (tertiary/aromatic N) is 1. The van der Waals surface area contributed by atoms with Crippen LogP contribution < -0.4 is 0 Å². The van der Waals surface area contributed by atoms with Gasteiger partial charge in [-0.3, -0.25) is 9.59 Å². The number of fused-ring (bicyclic) bond motifs is 1. The first-order valence-corrected chi connectivity index (χ1v) is 7.89. The van der Waals surface area contributed by atoms with Crippen molar-refractivity contribution in [1.29, 1.82) is 0 Å². The molecule has 2 aromatic rings. The molecule has 0 unspecified atom stereocenters. The van der Waals surface area contributed by atoms with E-state index in [2.05, 4.69) is 0 Å². The number of carbonyl (C=O) groups is 2. The summed E-state index contributed by atoms with van der Waals surface area (Å²) in [6.45, 7) is 0.134. The molecular weight excluding hydrogens is 278 g/mol. The van der Waals surface area contributed by atoms with Crippen molar-refractivity contribution in [3.05, 3.63) is 36.0 Å². The Morgan fingerprint density at radius 2 is 1.91 bits per heavy atom. The number of ether oxygens (including phenoxy) is 1. The maximum Gasteiger partial charge on any atom is 0.325 e. The summed E-state index contributed by atoms with van der Waals surface area (Å²) in [5.41, 5.74) is 1.65. The number of para-hydroxylation sites is 1. The summed E-state index contributed by atoms with van der Waals surface area (Å²) in [5, 5.41) is 0.932. The minimum atomic E-state index is -0.308. The zero-order valence-corrected chi connectivity index (χ0v) is 12.9. The van der Waals surface area contributed by atoms with Gasteiger partial charge in [-0.25, -0.2) is 0 Å². The summed E-state index contributed by atoms with van der Waals surface area (Å²) < 4.78 is 6.56. The second-order valence-corrected chi connectivity index (χ2v) is 5.96. The molecule has 0 bridgehead atoms. The maximum atomic E-state index is 12.9. The monoisotopic (exact) mass is 299 g/mol. The first kappa shape index (κ1) is 14.8. The van der Waals surface area contributed by atoms with E-state index in [0.29, 0.717) is 0 Å². The number of methoxy groups -OCH3 is 1. The van der Waals surface area contributed by atoms with Gasteiger partial charge in [0.1, 0.15) is 6.54 Å². The molecule has 1 aromatic carbocycles. The Balaban J connectivity index is 1.98. The van der Waals surface area contributed by atoms with Crippen LogP contribution in [0.15, 0.2) is 30.5 Å². The molecule has 1 aromatic heterocycles. The molecule has 1 saturated carbocycles. The van der Waals surface area contributed by atoms with Gasteiger partial charge in [-0.2, -0.15) is 0 Å². The van der Waals surface area contributed by atoms with Gasteiger partial charge in [0.15, 0.2) is 5.78 Å². The number of ketones is 1. The number of hydrogen-bond acceptors (Lipinski definition) is 3. The van der Waals surface area contributed by atoms with Gasteiger partial charge in [-0.1, -0.05) is 37.5 Å². The van der Waals surface area contributed by atoms with Crippen LogP contribution in [0.25, 0.3) is 10.9 Å². The molecule has 0 spiro atoms. The Kier molecular flexibility index (Phi) is 4.27. The summed E-state index contributed by atoms with van der Waals surface area (Å²) in [4.78, 5) is 24.4. The number of carbonyl (C=O) groups excluding carboxylic acids is 2. The van der Waals surface area contributed by atoms with Crippen molar-refractivity contribution in [2.24, 2.45) is 5.92 Å². The lowest BCUT2D eigenvalue weighted by Gasteiger charge is -2.19. The van der Waals surface area contributed by atoms with Gasteiger partial charge in [-0.15, -0.1) is 0 Å². The molecule has 0 aliphatic heterocycles. The van der Waals surface area contributed by atoms with Crippen LogP contribution in [0, 0.1) is 5.92 Å². The lowest BCUT2D eigenvalue weighted by molar-refractivity contribution is -0.141. The quantitative estimate of drug-likeness (QED) is 0.640. The normalized spacial score (nSPS) is 15.9. The summed E-state index contributed by atoms with van der Waals surface area (Å²) in [7, 11) is 1.38. The van der Waals surface area contributed by atoms with Crippen molar-refractivity contribution in [1.82, 2.24) is 4.57 Å². The molecule has 0 amide bonds. The predicted octanol–water partition coefficient (Wildman–Crippen LogP) is 3.58. The minimum absolute atomic E-state index is 0.131. The van der Waals surface area contributed by atoms with Crippen molar-refractivity contribution < 1.29 is 14.3 Å². The molecule has 0 radical (unpaired) electrons. The summed E-state index contributed by atoms with van der Waals surface area (Å²) in [6.07, 6.45) is 7.28. The molecule has 1 aliphatic rings. The molecule has 1 aliphatic carbocycles. The van der Waals surface area contributed by atoms with Gasteiger partial charge in [0.05, 0.1) is 7.11 Å². The predicted molar refractivity (Wildman–Crippen MR) is 84.9 cm³/mol. The van der Waals surface area contributed by atoms with E-state index in [9.17, 15) is 9.59 Å². The van der Waals surface area contributed by atoms with Crippen LogP contribution in [0.3, 0.4) is 0 Å². The first-order valence-electron chi connectivity index (χ1n) is 7.89. The molecule has 4 nitrogen and oxygen atoms in total. The fraction of sp³-hybridized carbons (Fsp3) is 0.444. The number of Topliss-reactive ketones (excluding diaryl/α,β-unsaturated/α-hetero) is 1.